The largest absolute Gasteiger partial charge is 0.497 e. The number of carbonyl (C=O) groups excluding carboxylic acids is 1. The molecule has 7 heteroatoms. The smallest absolute Gasteiger partial charge is 0.270 e. The van der Waals surface area contributed by atoms with Gasteiger partial charge < -0.3 is 9.64 Å². The summed E-state index contributed by atoms with van der Waals surface area (Å²) in [5.74, 6) is 0.649. The van der Waals surface area contributed by atoms with Gasteiger partial charge in [-0.3, -0.25) is 4.79 Å². The SMILES string of the molecule is COc1ccc(CN(C(=O)c2sc(Br)nc2C)c2c(C)cccc2Cl)cc1. The molecule has 3 aromatic rings. The maximum Gasteiger partial charge on any atom is 0.270 e. The minimum Gasteiger partial charge on any atom is -0.497 e. The van der Waals surface area contributed by atoms with E-state index in [9.17, 15) is 4.79 Å². The van der Waals surface area contributed by atoms with Gasteiger partial charge >= 0.3 is 0 Å². The van der Waals surface area contributed by atoms with Gasteiger partial charge in [-0.25, -0.2) is 4.98 Å². The van der Waals surface area contributed by atoms with E-state index in [4.69, 9.17) is 16.3 Å². The summed E-state index contributed by atoms with van der Waals surface area (Å²) in [6.07, 6.45) is 0. The zero-order valence-corrected chi connectivity index (χ0v) is 18.3. The third-order valence-corrected chi connectivity index (χ3v) is 6.07. The van der Waals surface area contributed by atoms with Crippen LogP contribution in [0.25, 0.3) is 0 Å². The molecule has 4 nitrogen and oxygen atoms in total. The molecular weight excluding hydrogens is 448 g/mol. The van der Waals surface area contributed by atoms with Crippen LogP contribution in [-0.4, -0.2) is 18.0 Å². The van der Waals surface area contributed by atoms with Gasteiger partial charge in [0.15, 0.2) is 3.92 Å². The molecule has 0 spiro atoms. The fraction of sp³-hybridized carbons (Fsp3) is 0.200. The van der Waals surface area contributed by atoms with Crippen molar-refractivity contribution in [2.45, 2.75) is 20.4 Å². The highest BCUT2D eigenvalue weighted by atomic mass is 79.9. The van der Waals surface area contributed by atoms with Crippen LogP contribution in [0.15, 0.2) is 46.4 Å². The molecule has 140 valence electrons. The van der Waals surface area contributed by atoms with Crippen molar-refractivity contribution in [2.75, 3.05) is 12.0 Å². The van der Waals surface area contributed by atoms with E-state index in [1.54, 1.807) is 18.1 Å². The highest BCUT2D eigenvalue weighted by Gasteiger charge is 2.25. The van der Waals surface area contributed by atoms with E-state index in [1.165, 1.54) is 11.3 Å². The van der Waals surface area contributed by atoms with Crippen molar-refractivity contribution in [3.8, 4) is 5.75 Å². The minimum absolute atomic E-state index is 0.122. The molecule has 3 rings (SSSR count). The first kappa shape index (κ1) is 19.9. The number of hydrogen-bond acceptors (Lipinski definition) is 4. The lowest BCUT2D eigenvalue weighted by atomic mass is 10.1. The van der Waals surface area contributed by atoms with E-state index in [2.05, 4.69) is 20.9 Å². The van der Waals surface area contributed by atoms with Gasteiger partial charge in [0.1, 0.15) is 10.6 Å². The second-order valence-electron chi connectivity index (χ2n) is 6.03. The van der Waals surface area contributed by atoms with E-state index in [1.807, 2.05) is 50.2 Å². The lowest BCUT2D eigenvalue weighted by molar-refractivity contribution is 0.0988. The standard InChI is InChI=1S/C20H18BrClN2O2S/c1-12-5-4-6-16(22)17(12)24(11-14-7-9-15(26-3)10-8-14)19(25)18-13(2)23-20(21)27-18/h4-10H,11H2,1-3H3. The highest BCUT2D eigenvalue weighted by Crippen LogP contribution is 2.34. The van der Waals surface area contributed by atoms with E-state index in [0.29, 0.717) is 31.7 Å². The number of hydrogen-bond donors (Lipinski definition) is 0. The van der Waals surface area contributed by atoms with Gasteiger partial charge in [0.05, 0.1) is 30.1 Å². The Morgan fingerprint density at radius 1 is 1.22 bits per heavy atom. The van der Waals surface area contributed by atoms with Gasteiger partial charge in [-0.1, -0.05) is 35.9 Å². The molecule has 0 aliphatic heterocycles. The van der Waals surface area contributed by atoms with Gasteiger partial charge in [0, 0.05) is 0 Å². The maximum absolute atomic E-state index is 13.4. The molecule has 0 fully saturated rings. The molecule has 0 aliphatic carbocycles. The Bertz CT molecular complexity index is 952. The third-order valence-electron chi connectivity index (χ3n) is 4.17. The summed E-state index contributed by atoms with van der Waals surface area (Å²) in [6.45, 7) is 4.17. The Hall–Kier alpha value is -1.89. The number of methoxy groups -OCH3 is 1. The maximum atomic E-state index is 13.4. The van der Waals surface area contributed by atoms with Crippen molar-refractivity contribution in [1.29, 1.82) is 0 Å². The van der Waals surface area contributed by atoms with Crippen molar-refractivity contribution in [3.05, 3.63) is 73.1 Å². The molecule has 0 atom stereocenters. The normalized spacial score (nSPS) is 10.7. The Kier molecular flexibility index (Phi) is 6.19. The number of anilines is 1. The number of thiazole rings is 1. The molecule has 27 heavy (non-hydrogen) atoms. The van der Waals surface area contributed by atoms with Gasteiger partial charge in [0.2, 0.25) is 0 Å². The summed E-state index contributed by atoms with van der Waals surface area (Å²) in [5.41, 5.74) is 3.32. The number of benzene rings is 2. The summed E-state index contributed by atoms with van der Waals surface area (Å²) < 4.78 is 5.90. The Morgan fingerprint density at radius 3 is 2.48 bits per heavy atom. The van der Waals surface area contributed by atoms with Crippen LogP contribution in [0.5, 0.6) is 5.75 Å². The lowest BCUT2D eigenvalue weighted by Gasteiger charge is -2.25. The predicted molar refractivity (Wildman–Crippen MR) is 114 cm³/mol. The van der Waals surface area contributed by atoms with Crippen molar-refractivity contribution >= 4 is 50.5 Å². The summed E-state index contributed by atoms with van der Waals surface area (Å²) in [7, 11) is 1.63. The number of nitrogens with zero attached hydrogens (tertiary/aromatic N) is 2. The first-order valence-electron chi connectivity index (χ1n) is 8.23. The van der Waals surface area contributed by atoms with Crippen molar-refractivity contribution in [1.82, 2.24) is 4.98 Å². The predicted octanol–water partition coefficient (Wildman–Crippen LogP) is 6.03. The Balaban J connectivity index is 2.05. The summed E-state index contributed by atoms with van der Waals surface area (Å²) >= 11 is 11.2. The van der Waals surface area contributed by atoms with E-state index in [0.717, 1.165) is 16.9 Å². The van der Waals surface area contributed by atoms with Crippen LogP contribution in [0.4, 0.5) is 5.69 Å². The van der Waals surface area contributed by atoms with Gasteiger partial charge in [-0.05, 0) is 59.1 Å². The molecule has 0 unspecified atom stereocenters. The molecule has 0 saturated heterocycles. The molecule has 0 radical (unpaired) electrons. The van der Waals surface area contributed by atoms with Crippen LogP contribution < -0.4 is 9.64 Å². The fourth-order valence-corrected chi connectivity index (χ4v) is 4.63. The van der Waals surface area contributed by atoms with E-state index < -0.39 is 0 Å². The molecule has 1 aromatic heterocycles. The molecule has 2 aromatic carbocycles. The molecular formula is C20H18BrClN2O2S. The van der Waals surface area contributed by atoms with Crippen LogP contribution in [0.3, 0.4) is 0 Å². The molecule has 1 amide bonds. The summed E-state index contributed by atoms with van der Waals surface area (Å²) in [5, 5.41) is 0.540. The van der Waals surface area contributed by atoms with Crippen molar-refractivity contribution in [2.24, 2.45) is 0 Å². The molecule has 0 aliphatic rings. The highest BCUT2D eigenvalue weighted by molar-refractivity contribution is 9.11. The van der Waals surface area contributed by atoms with Crippen LogP contribution in [0, 0.1) is 13.8 Å². The number of para-hydroxylation sites is 1. The van der Waals surface area contributed by atoms with Crippen LogP contribution in [0.1, 0.15) is 26.5 Å². The number of aryl methyl sites for hydroxylation is 2. The number of halogens is 2. The second kappa shape index (κ2) is 8.42. The fourth-order valence-electron chi connectivity index (χ4n) is 2.82. The number of amides is 1. The second-order valence-corrected chi connectivity index (χ2v) is 8.71. The zero-order valence-electron chi connectivity index (χ0n) is 15.1. The number of aromatic nitrogens is 1. The molecule has 1 heterocycles. The molecule has 0 bridgehead atoms. The van der Waals surface area contributed by atoms with Crippen LogP contribution in [0.2, 0.25) is 5.02 Å². The average Bonchev–Trinajstić information content (AvgIpc) is 2.99. The van der Waals surface area contributed by atoms with Crippen LogP contribution >= 0.6 is 38.9 Å². The van der Waals surface area contributed by atoms with Gasteiger partial charge in [0.25, 0.3) is 5.91 Å². The van der Waals surface area contributed by atoms with Gasteiger partial charge in [-0.2, -0.15) is 0 Å². The van der Waals surface area contributed by atoms with Gasteiger partial charge in [-0.15, -0.1) is 11.3 Å². The minimum atomic E-state index is -0.122. The van der Waals surface area contributed by atoms with Crippen molar-refractivity contribution in [3.63, 3.8) is 0 Å². The number of ether oxygens (including phenoxy) is 1. The third kappa shape index (κ3) is 4.34. The summed E-state index contributed by atoms with van der Waals surface area (Å²) in [4.78, 5) is 20.0. The molecule has 0 N–H and O–H groups in total. The first-order chi connectivity index (χ1) is 12.9. The van der Waals surface area contributed by atoms with E-state index in [-0.39, 0.29) is 5.91 Å². The molecule has 0 saturated carbocycles. The van der Waals surface area contributed by atoms with Crippen LogP contribution in [-0.2, 0) is 6.54 Å². The topological polar surface area (TPSA) is 42.4 Å². The Morgan fingerprint density at radius 2 is 1.93 bits per heavy atom. The summed E-state index contributed by atoms with van der Waals surface area (Å²) in [6, 6.07) is 13.3. The first-order valence-corrected chi connectivity index (χ1v) is 10.2. The van der Waals surface area contributed by atoms with E-state index >= 15 is 0 Å². The lowest BCUT2D eigenvalue weighted by Crippen LogP contribution is -2.31. The van der Waals surface area contributed by atoms with Crippen molar-refractivity contribution < 1.29 is 9.53 Å². The monoisotopic (exact) mass is 464 g/mol. The average molecular weight is 466 g/mol. The Labute approximate surface area is 175 Å². The zero-order chi connectivity index (χ0) is 19.6. The number of carbonyl (C=O) groups is 1. The quantitative estimate of drug-likeness (QED) is 0.462. The number of rotatable bonds is 5.